The van der Waals surface area contributed by atoms with Gasteiger partial charge in [0.05, 0.1) is 0 Å². The minimum Gasteiger partial charge on any atom is -0.268 e. The number of nitrogens with zero attached hydrogens (tertiary/aromatic N) is 4. The molecule has 25 heavy (non-hydrogen) atoms. The van der Waals surface area contributed by atoms with Gasteiger partial charge in [0.15, 0.2) is 5.82 Å². The van der Waals surface area contributed by atoms with Crippen molar-refractivity contribution in [3.8, 4) is 11.3 Å². The van der Waals surface area contributed by atoms with Gasteiger partial charge < -0.3 is 0 Å². The van der Waals surface area contributed by atoms with Crippen LogP contribution in [0.25, 0.3) is 17.0 Å². The van der Waals surface area contributed by atoms with Gasteiger partial charge in [-0.3, -0.25) is 4.40 Å². The fourth-order valence-corrected chi connectivity index (χ4v) is 2.87. The maximum Gasteiger partial charge on any atom is 0.236 e. The van der Waals surface area contributed by atoms with Crippen molar-refractivity contribution in [1.82, 2.24) is 14.4 Å². The summed E-state index contributed by atoms with van der Waals surface area (Å²) in [5.74, 6) is 1.44. The van der Waals surface area contributed by atoms with Crippen molar-refractivity contribution in [1.29, 1.82) is 0 Å². The van der Waals surface area contributed by atoms with E-state index in [9.17, 15) is 0 Å². The molecule has 4 rings (SSSR count). The van der Waals surface area contributed by atoms with E-state index in [4.69, 9.17) is 9.98 Å². The summed E-state index contributed by atoms with van der Waals surface area (Å²) < 4.78 is 1.92. The summed E-state index contributed by atoms with van der Waals surface area (Å²) in [4.78, 5) is 13.8. The van der Waals surface area contributed by atoms with Gasteiger partial charge in [0, 0.05) is 24.2 Å². The first-order chi connectivity index (χ1) is 12.2. The summed E-state index contributed by atoms with van der Waals surface area (Å²) in [6, 6.07) is 18.4. The zero-order valence-corrected chi connectivity index (χ0v) is 14.2. The maximum absolute atomic E-state index is 4.75. The summed E-state index contributed by atoms with van der Waals surface area (Å²) >= 11 is 0. The lowest BCUT2D eigenvalue weighted by molar-refractivity contribution is 1.10. The summed E-state index contributed by atoms with van der Waals surface area (Å²) in [6.45, 7) is 4.15. The second kappa shape index (κ2) is 6.32. The average Bonchev–Trinajstić information content (AvgIpc) is 2.99. The molecule has 0 spiro atoms. The van der Waals surface area contributed by atoms with E-state index in [2.05, 4.69) is 49.2 Å². The SMILES string of the molecule is Cc1cccc(/C=N/c2c(-c3cccc(C)c3)nc3ncccn23)c1. The fourth-order valence-electron chi connectivity index (χ4n) is 2.87. The summed E-state index contributed by atoms with van der Waals surface area (Å²) in [6.07, 6.45) is 5.57. The summed E-state index contributed by atoms with van der Waals surface area (Å²) in [7, 11) is 0. The quantitative estimate of drug-likeness (QED) is 0.509. The molecule has 122 valence electrons. The zero-order chi connectivity index (χ0) is 17.2. The van der Waals surface area contributed by atoms with E-state index in [1.54, 1.807) is 6.20 Å². The van der Waals surface area contributed by atoms with Crippen molar-refractivity contribution >= 4 is 17.8 Å². The van der Waals surface area contributed by atoms with E-state index >= 15 is 0 Å². The third kappa shape index (κ3) is 3.06. The van der Waals surface area contributed by atoms with Crippen LogP contribution in [0.3, 0.4) is 0 Å². The molecule has 0 amide bonds. The second-order valence-corrected chi connectivity index (χ2v) is 6.12. The average molecular weight is 326 g/mol. The van der Waals surface area contributed by atoms with Crippen molar-refractivity contribution in [2.24, 2.45) is 4.99 Å². The van der Waals surface area contributed by atoms with Crippen molar-refractivity contribution in [2.75, 3.05) is 0 Å². The number of aliphatic imine (C=N–C) groups is 1. The highest BCUT2D eigenvalue weighted by Crippen LogP contribution is 2.30. The molecule has 4 aromatic rings. The van der Waals surface area contributed by atoms with Crippen LogP contribution in [0, 0.1) is 13.8 Å². The van der Waals surface area contributed by atoms with Crippen LogP contribution in [-0.2, 0) is 0 Å². The van der Waals surface area contributed by atoms with Crippen molar-refractivity contribution in [3.05, 3.63) is 83.7 Å². The number of rotatable bonds is 3. The number of hydrogen-bond acceptors (Lipinski definition) is 3. The molecule has 0 N–H and O–H groups in total. The Bertz CT molecular complexity index is 1080. The molecule has 2 heterocycles. The van der Waals surface area contributed by atoms with Crippen LogP contribution >= 0.6 is 0 Å². The molecule has 4 heteroatoms. The highest BCUT2D eigenvalue weighted by atomic mass is 15.2. The Morgan fingerprint density at radius 2 is 1.76 bits per heavy atom. The predicted molar refractivity (Wildman–Crippen MR) is 102 cm³/mol. The highest BCUT2D eigenvalue weighted by molar-refractivity contribution is 5.85. The van der Waals surface area contributed by atoms with Gasteiger partial charge in [-0.1, -0.05) is 53.6 Å². The number of aromatic nitrogens is 3. The lowest BCUT2D eigenvalue weighted by Gasteiger charge is -2.02. The van der Waals surface area contributed by atoms with E-state index in [0.717, 1.165) is 22.6 Å². The van der Waals surface area contributed by atoms with E-state index in [0.29, 0.717) is 5.78 Å². The topological polar surface area (TPSA) is 42.5 Å². The molecule has 0 aliphatic carbocycles. The summed E-state index contributed by atoms with van der Waals surface area (Å²) in [5, 5.41) is 0. The lowest BCUT2D eigenvalue weighted by atomic mass is 10.1. The van der Waals surface area contributed by atoms with Crippen LogP contribution in [0.4, 0.5) is 5.82 Å². The number of fused-ring (bicyclic) bond motifs is 1. The minimum atomic E-state index is 0.649. The lowest BCUT2D eigenvalue weighted by Crippen LogP contribution is -1.87. The van der Waals surface area contributed by atoms with Crippen LogP contribution in [0.15, 0.2) is 72.0 Å². The summed E-state index contributed by atoms with van der Waals surface area (Å²) in [5.41, 5.74) is 5.35. The molecule has 0 fully saturated rings. The Kier molecular flexibility index (Phi) is 3.86. The Morgan fingerprint density at radius 3 is 2.56 bits per heavy atom. The van der Waals surface area contributed by atoms with Gasteiger partial charge in [-0.15, -0.1) is 0 Å². The van der Waals surface area contributed by atoms with Gasteiger partial charge in [0.2, 0.25) is 5.78 Å². The smallest absolute Gasteiger partial charge is 0.236 e. The van der Waals surface area contributed by atoms with Gasteiger partial charge >= 0.3 is 0 Å². The molecular formula is C21H18N4. The van der Waals surface area contributed by atoms with Crippen LogP contribution in [0.1, 0.15) is 16.7 Å². The molecule has 0 saturated heterocycles. The molecular weight excluding hydrogens is 308 g/mol. The molecule has 0 aliphatic heterocycles. The van der Waals surface area contributed by atoms with E-state index in [-0.39, 0.29) is 0 Å². The van der Waals surface area contributed by atoms with Gasteiger partial charge in [0.1, 0.15) is 5.69 Å². The third-order valence-corrected chi connectivity index (χ3v) is 4.05. The van der Waals surface area contributed by atoms with E-state index < -0.39 is 0 Å². The van der Waals surface area contributed by atoms with Crippen molar-refractivity contribution in [2.45, 2.75) is 13.8 Å². The largest absolute Gasteiger partial charge is 0.268 e. The highest BCUT2D eigenvalue weighted by Gasteiger charge is 2.13. The van der Waals surface area contributed by atoms with Gasteiger partial charge in [0.25, 0.3) is 0 Å². The van der Waals surface area contributed by atoms with Crippen molar-refractivity contribution < 1.29 is 0 Å². The predicted octanol–water partition coefficient (Wildman–Crippen LogP) is 4.76. The Morgan fingerprint density at radius 1 is 0.960 bits per heavy atom. The Labute approximate surface area is 146 Å². The van der Waals surface area contributed by atoms with Crippen LogP contribution in [0.5, 0.6) is 0 Å². The normalized spacial score (nSPS) is 11.4. The van der Waals surface area contributed by atoms with Crippen LogP contribution < -0.4 is 0 Å². The van der Waals surface area contributed by atoms with Crippen molar-refractivity contribution in [3.63, 3.8) is 0 Å². The molecule has 2 aromatic heterocycles. The Balaban J connectivity index is 1.88. The maximum atomic E-state index is 4.75. The fraction of sp³-hybridized carbons (Fsp3) is 0.0952. The van der Waals surface area contributed by atoms with E-state index in [1.165, 1.54) is 11.1 Å². The van der Waals surface area contributed by atoms with Crippen LogP contribution in [0.2, 0.25) is 0 Å². The number of aryl methyl sites for hydroxylation is 2. The second-order valence-electron chi connectivity index (χ2n) is 6.12. The standard InChI is InChI=1S/C21H18N4/c1-15-6-3-8-17(12-15)14-23-20-19(18-9-4-7-16(2)13-18)24-21-22-10-5-11-25(20)21/h3-14H,1-2H3/b23-14+. The molecule has 0 unspecified atom stereocenters. The van der Waals surface area contributed by atoms with E-state index in [1.807, 2.05) is 41.1 Å². The first-order valence-electron chi connectivity index (χ1n) is 8.21. The van der Waals surface area contributed by atoms with Gasteiger partial charge in [-0.25, -0.2) is 15.0 Å². The number of hydrogen-bond donors (Lipinski definition) is 0. The molecule has 0 bridgehead atoms. The first kappa shape index (κ1) is 15.3. The molecule has 0 radical (unpaired) electrons. The number of imidazole rings is 1. The van der Waals surface area contributed by atoms with Gasteiger partial charge in [-0.05, 0) is 31.5 Å². The number of benzene rings is 2. The molecule has 0 atom stereocenters. The first-order valence-corrected chi connectivity index (χ1v) is 8.21. The van der Waals surface area contributed by atoms with Crippen LogP contribution in [-0.4, -0.2) is 20.6 Å². The minimum absolute atomic E-state index is 0.649. The zero-order valence-electron chi connectivity index (χ0n) is 14.2. The van der Waals surface area contributed by atoms with Gasteiger partial charge in [-0.2, -0.15) is 0 Å². The molecule has 2 aromatic carbocycles. The Hall–Kier alpha value is -3.27. The molecule has 0 aliphatic rings. The monoisotopic (exact) mass is 326 g/mol. The third-order valence-electron chi connectivity index (χ3n) is 4.05. The molecule has 0 saturated carbocycles. The molecule has 4 nitrogen and oxygen atoms in total.